The van der Waals surface area contributed by atoms with E-state index in [1.807, 2.05) is 24.3 Å². The molecule has 1 heterocycles. The molecule has 0 spiro atoms. The molecule has 0 saturated heterocycles. The molecule has 0 fully saturated rings. The number of nitrogen functional groups attached to an aromatic ring is 1. The molecule has 0 bridgehead atoms. The van der Waals surface area contributed by atoms with Gasteiger partial charge >= 0.3 is 0 Å². The Hall–Kier alpha value is -2.14. The number of nitrogens with two attached hydrogens (primary N) is 1. The molecule has 21 heavy (non-hydrogen) atoms. The highest BCUT2D eigenvalue weighted by Crippen LogP contribution is 2.24. The highest BCUT2D eigenvalue weighted by molar-refractivity contribution is 6.09. The van der Waals surface area contributed by atoms with Gasteiger partial charge in [-0.2, -0.15) is 0 Å². The largest absolute Gasteiger partial charge is 0.352 e. The predicted octanol–water partition coefficient (Wildman–Crippen LogP) is 2.69. The van der Waals surface area contributed by atoms with Crippen LogP contribution in [0.5, 0.6) is 0 Å². The monoisotopic (exact) mass is 286 g/mol. The molecule has 0 unspecified atom stereocenters. The average molecular weight is 286 g/mol. The number of amides is 1. The molecule has 1 aromatic carbocycles. The number of anilines is 1. The van der Waals surface area contributed by atoms with Crippen molar-refractivity contribution in [2.24, 2.45) is 11.3 Å². The fraction of sp³-hybridized carbons (Fsp3) is 0.375. The number of fused-ring (bicyclic) bond motifs is 1. The molecule has 0 aliphatic heterocycles. The van der Waals surface area contributed by atoms with Gasteiger partial charge in [0.15, 0.2) is 0 Å². The maximum absolute atomic E-state index is 12.3. The second kappa shape index (κ2) is 6.10. The fourth-order valence-electron chi connectivity index (χ4n) is 2.13. The van der Waals surface area contributed by atoms with Crippen molar-refractivity contribution in [2.75, 3.05) is 12.0 Å². The lowest BCUT2D eigenvalue weighted by atomic mass is 9.92. The minimum absolute atomic E-state index is 0.105. The molecule has 0 atom stereocenters. The van der Waals surface area contributed by atoms with Gasteiger partial charge in [0.2, 0.25) is 0 Å². The molecule has 2 rings (SSSR count). The van der Waals surface area contributed by atoms with Crippen molar-refractivity contribution < 1.29 is 4.79 Å². The third-order valence-corrected chi connectivity index (χ3v) is 3.34. The number of aromatic nitrogens is 1. The topological polar surface area (TPSA) is 80.0 Å². The molecule has 1 aromatic heterocycles. The smallest absolute Gasteiger partial charge is 0.253 e. The quantitative estimate of drug-likeness (QED) is 0.596. The van der Waals surface area contributed by atoms with E-state index in [0.29, 0.717) is 17.9 Å². The van der Waals surface area contributed by atoms with Gasteiger partial charge < -0.3 is 10.7 Å². The maximum Gasteiger partial charge on any atom is 0.253 e. The van der Waals surface area contributed by atoms with Crippen LogP contribution in [0.2, 0.25) is 0 Å². The Morgan fingerprint density at radius 2 is 1.90 bits per heavy atom. The number of rotatable bonds is 4. The van der Waals surface area contributed by atoms with Crippen LogP contribution >= 0.6 is 0 Å². The molecule has 112 valence electrons. The number of hydrogen-bond acceptors (Lipinski definition) is 4. The summed E-state index contributed by atoms with van der Waals surface area (Å²) in [5.74, 6) is 5.92. The molecular weight excluding hydrogens is 264 g/mol. The zero-order valence-electron chi connectivity index (χ0n) is 12.7. The van der Waals surface area contributed by atoms with Gasteiger partial charge in [-0.15, -0.1) is 0 Å². The summed E-state index contributed by atoms with van der Waals surface area (Å²) in [7, 11) is 0. The summed E-state index contributed by atoms with van der Waals surface area (Å²) in [6, 6.07) is 7.58. The van der Waals surface area contributed by atoms with Crippen LogP contribution < -0.4 is 16.6 Å². The second-order valence-electron chi connectivity index (χ2n) is 6.28. The van der Waals surface area contributed by atoms with E-state index in [1.165, 1.54) is 0 Å². The molecule has 2 aromatic rings. The molecular formula is C16H22N4O. The summed E-state index contributed by atoms with van der Waals surface area (Å²) in [6.45, 7) is 7.10. The van der Waals surface area contributed by atoms with Gasteiger partial charge in [0.05, 0.1) is 5.56 Å². The lowest BCUT2D eigenvalue weighted by Gasteiger charge is -2.18. The number of hydrogen-bond donors (Lipinski definition) is 3. The molecule has 0 radical (unpaired) electrons. The molecule has 5 nitrogen and oxygen atoms in total. The maximum atomic E-state index is 12.3. The Morgan fingerprint density at radius 3 is 2.52 bits per heavy atom. The minimum atomic E-state index is -0.105. The van der Waals surface area contributed by atoms with Crippen LogP contribution in [-0.4, -0.2) is 17.4 Å². The molecule has 1 amide bonds. The number of nitrogens with one attached hydrogen (secondary N) is 2. The summed E-state index contributed by atoms with van der Waals surface area (Å²) in [5, 5.41) is 4.63. The molecule has 0 saturated carbocycles. The van der Waals surface area contributed by atoms with Crippen molar-refractivity contribution in [1.29, 1.82) is 0 Å². The summed E-state index contributed by atoms with van der Waals surface area (Å²) in [5.41, 5.74) is 3.32. The Balaban J connectivity index is 2.24. The van der Waals surface area contributed by atoms with Crippen molar-refractivity contribution in [3.05, 3.63) is 36.0 Å². The van der Waals surface area contributed by atoms with Crippen molar-refractivity contribution in [1.82, 2.24) is 10.3 Å². The molecule has 0 aliphatic carbocycles. The van der Waals surface area contributed by atoms with Crippen molar-refractivity contribution in [3.8, 4) is 0 Å². The summed E-state index contributed by atoms with van der Waals surface area (Å²) < 4.78 is 0. The van der Waals surface area contributed by atoms with Gasteiger partial charge in [0, 0.05) is 18.1 Å². The number of carbonyl (C=O) groups excluding carboxylic acids is 1. The number of benzene rings is 1. The van der Waals surface area contributed by atoms with E-state index in [4.69, 9.17) is 5.84 Å². The van der Waals surface area contributed by atoms with Crippen LogP contribution in [0.3, 0.4) is 0 Å². The number of hydrazine groups is 1. The number of carbonyl (C=O) groups is 1. The van der Waals surface area contributed by atoms with Gasteiger partial charge in [-0.1, -0.05) is 45.0 Å². The van der Waals surface area contributed by atoms with Gasteiger partial charge in [-0.25, -0.2) is 10.8 Å². The van der Waals surface area contributed by atoms with Gasteiger partial charge in [0.25, 0.3) is 5.91 Å². The van der Waals surface area contributed by atoms with Gasteiger partial charge in [-0.3, -0.25) is 4.79 Å². The SMILES string of the molecule is CC(C)(C)CCNC(=O)c1cnc(NN)c2ccccc12. The summed E-state index contributed by atoms with van der Waals surface area (Å²) >= 11 is 0. The standard InChI is InChI=1S/C16H22N4O/c1-16(2,3)8-9-18-15(21)13-10-19-14(20-17)12-7-5-4-6-11(12)13/h4-7,10H,8-9,17H2,1-3H3,(H,18,21)(H,19,20). The third kappa shape index (κ3) is 3.70. The minimum Gasteiger partial charge on any atom is -0.352 e. The van der Waals surface area contributed by atoms with Crippen LogP contribution in [0.15, 0.2) is 30.5 Å². The first kappa shape index (κ1) is 15.3. The van der Waals surface area contributed by atoms with Crippen molar-refractivity contribution in [2.45, 2.75) is 27.2 Å². The Labute approximate surface area is 124 Å². The average Bonchev–Trinajstić information content (AvgIpc) is 2.44. The molecule has 0 aliphatic rings. The fourth-order valence-corrected chi connectivity index (χ4v) is 2.13. The lowest BCUT2D eigenvalue weighted by molar-refractivity contribution is 0.0951. The zero-order valence-corrected chi connectivity index (χ0v) is 12.7. The first-order chi connectivity index (χ1) is 9.92. The van der Waals surface area contributed by atoms with E-state index in [1.54, 1.807) is 6.20 Å². The first-order valence-corrected chi connectivity index (χ1v) is 7.05. The van der Waals surface area contributed by atoms with Crippen molar-refractivity contribution in [3.63, 3.8) is 0 Å². The second-order valence-corrected chi connectivity index (χ2v) is 6.28. The van der Waals surface area contributed by atoms with E-state index < -0.39 is 0 Å². The van der Waals surface area contributed by atoms with Crippen LogP contribution in [0.1, 0.15) is 37.6 Å². The third-order valence-electron chi connectivity index (χ3n) is 3.34. The molecule has 4 N–H and O–H groups in total. The zero-order chi connectivity index (χ0) is 15.5. The van der Waals surface area contributed by atoms with Gasteiger partial charge in [0.1, 0.15) is 5.82 Å². The predicted molar refractivity (Wildman–Crippen MR) is 86.0 cm³/mol. The Bertz CT molecular complexity index is 646. The van der Waals surface area contributed by atoms with E-state index >= 15 is 0 Å². The van der Waals surface area contributed by atoms with Crippen molar-refractivity contribution >= 4 is 22.5 Å². The van der Waals surface area contributed by atoms with E-state index in [9.17, 15) is 4.79 Å². The summed E-state index contributed by atoms with van der Waals surface area (Å²) in [4.78, 5) is 16.5. The summed E-state index contributed by atoms with van der Waals surface area (Å²) in [6.07, 6.45) is 2.48. The van der Waals surface area contributed by atoms with E-state index in [0.717, 1.165) is 17.2 Å². The number of pyridine rings is 1. The van der Waals surface area contributed by atoms with Gasteiger partial charge in [-0.05, 0) is 17.2 Å². The van der Waals surface area contributed by atoms with Crippen LogP contribution in [0.25, 0.3) is 10.8 Å². The van der Waals surface area contributed by atoms with E-state index in [-0.39, 0.29) is 11.3 Å². The Morgan fingerprint density at radius 1 is 1.24 bits per heavy atom. The normalized spacial score (nSPS) is 11.4. The number of nitrogens with zero attached hydrogens (tertiary/aromatic N) is 1. The van der Waals surface area contributed by atoms with E-state index in [2.05, 4.69) is 36.5 Å². The van der Waals surface area contributed by atoms with Crippen LogP contribution in [-0.2, 0) is 0 Å². The first-order valence-electron chi connectivity index (χ1n) is 7.05. The highest BCUT2D eigenvalue weighted by Gasteiger charge is 2.14. The lowest BCUT2D eigenvalue weighted by Crippen LogP contribution is -2.27. The highest BCUT2D eigenvalue weighted by atomic mass is 16.1. The Kier molecular flexibility index (Phi) is 4.43. The molecule has 5 heteroatoms. The van der Waals surface area contributed by atoms with Crippen LogP contribution in [0, 0.1) is 5.41 Å². The van der Waals surface area contributed by atoms with Crippen LogP contribution in [0.4, 0.5) is 5.82 Å².